The van der Waals surface area contributed by atoms with E-state index in [4.69, 9.17) is 0 Å². The van der Waals surface area contributed by atoms with Crippen molar-refractivity contribution in [2.24, 2.45) is 56.7 Å². The molecule has 0 bridgehead atoms. The van der Waals surface area contributed by atoms with E-state index in [0.29, 0.717) is 40.4 Å². The minimum absolute atomic E-state index is 0.0922. The molecule has 5 aliphatic rings. The first-order chi connectivity index (χ1) is 20.7. The van der Waals surface area contributed by atoms with Crippen LogP contribution in [0.25, 0.3) is 0 Å². The third-order valence-electron chi connectivity index (χ3n) is 12.5. The molecule has 0 saturated heterocycles. The Morgan fingerprint density at radius 1 is 0.304 bits per heavy atom. The van der Waals surface area contributed by atoms with Crippen LogP contribution in [0.1, 0.15) is 219 Å². The van der Waals surface area contributed by atoms with E-state index in [2.05, 4.69) is 104 Å². The van der Waals surface area contributed by atoms with Crippen molar-refractivity contribution in [2.45, 2.75) is 225 Å². The zero-order chi connectivity index (χ0) is 35.6. The number of hydrogen-bond donors (Lipinski definition) is 0. The summed E-state index contributed by atoms with van der Waals surface area (Å²) < 4.78 is 25.5. The van der Waals surface area contributed by atoms with Crippen LogP contribution in [-0.2, 0) is 0 Å². The van der Waals surface area contributed by atoms with Crippen molar-refractivity contribution >= 4 is 0 Å². The van der Waals surface area contributed by atoms with Crippen molar-refractivity contribution in [1.82, 2.24) is 0 Å². The molecule has 0 aromatic heterocycles. The molecule has 0 radical (unpaired) electrons. The number of halogens is 2. The molecule has 5 fully saturated rings. The molecule has 0 unspecified atom stereocenters. The Balaban J connectivity index is 0.000000291. The molecular formula is C44H86F2. The van der Waals surface area contributed by atoms with Crippen LogP contribution in [0.3, 0.4) is 0 Å². The standard InChI is InChI=1S/C10H18F2.C10H20.C9H18.C8H16.C7H14/c1-9(2,3)8-4-6-10(11,12)7-5-8;1-10(2,3)9-7-5-4-6-8-9;1-9(2,3)8-6-4-5-7-8;1-8(2,3)7-5-4-6-7;1-7(2,3)6-4-5-6/h8H,4-7H2,1-3H3;9H,4-8H2,1-3H3;8H,4-7H2,1-3H3;7H,4-6H2,1-3H3;6H,4-5H2,1-3H3. The predicted octanol–water partition coefficient (Wildman–Crippen LogP) is 16.0. The van der Waals surface area contributed by atoms with E-state index in [9.17, 15) is 8.78 Å². The molecular weight excluding hydrogens is 566 g/mol. The summed E-state index contributed by atoms with van der Waals surface area (Å²) in [5.74, 6) is 2.20. The lowest BCUT2D eigenvalue weighted by Gasteiger charge is -2.37. The van der Waals surface area contributed by atoms with E-state index in [1.165, 1.54) is 89.9 Å². The average molecular weight is 653 g/mol. The van der Waals surface area contributed by atoms with Gasteiger partial charge in [0.2, 0.25) is 5.92 Å². The summed E-state index contributed by atoms with van der Waals surface area (Å²) in [6.07, 6.45) is 22.2. The molecule has 0 nitrogen and oxygen atoms in total. The third-order valence-corrected chi connectivity index (χ3v) is 12.5. The minimum Gasteiger partial charge on any atom is -0.207 e. The molecule has 0 spiro atoms. The van der Waals surface area contributed by atoms with E-state index in [0.717, 1.165) is 23.7 Å². The molecule has 0 aromatic carbocycles. The van der Waals surface area contributed by atoms with Gasteiger partial charge in [0.05, 0.1) is 0 Å². The summed E-state index contributed by atoms with van der Waals surface area (Å²) in [5.41, 5.74) is 2.56. The van der Waals surface area contributed by atoms with Crippen molar-refractivity contribution < 1.29 is 8.78 Å². The fourth-order valence-electron chi connectivity index (χ4n) is 7.89. The maximum atomic E-state index is 12.8. The van der Waals surface area contributed by atoms with Gasteiger partial charge in [-0.15, -0.1) is 0 Å². The summed E-state index contributed by atoms with van der Waals surface area (Å²) in [7, 11) is 0. The molecule has 0 aliphatic heterocycles. The first-order valence-corrected chi connectivity index (χ1v) is 20.1. The van der Waals surface area contributed by atoms with Gasteiger partial charge in [0.1, 0.15) is 0 Å². The van der Waals surface area contributed by atoms with Gasteiger partial charge in [0.15, 0.2) is 0 Å². The smallest absolute Gasteiger partial charge is 0.207 e. The van der Waals surface area contributed by atoms with Gasteiger partial charge in [-0.2, -0.15) is 0 Å². The lowest BCUT2D eigenvalue weighted by molar-refractivity contribution is -0.0583. The third kappa shape index (κ3) is 18.6. The van der Waals surface area contributed by atoms with Gasteiger partial charge in [-0.25, -0.2) is 8.78 Å². The first-order valence-electron chi connectivity index (χ1n) is 20.1. The van der Waals surface area contributed by atoms with E-state index in [-0.39, 0.29) is 18.3 Å². The monoisotopic (exact) mass is 653 g/mol. The van der Waals surface area contributed by atoms with E-state index in [1.807, 2.05) is 0 Å². The Bertz CT molecular complexity index is 773. The van der Waals surface area contributed by atoms with Gasteiger partial charge < -0.3 is 0 Å². The maximum Gasteiger partial charge on any atom is 0.248 e. The highest BCUT2D eigenvalue weighted by Crippen LogP contribution is 2.45. The zero-order valence-electron chi connectivity index (χ0n) is 34.4. The number of rotatable bonds is 0. The molecule has 46 heavy (non-hydrogen) atoms. The number of alkyl halides is 2. The second kappa shape index (κ2) is 18.2. The van der Waals surface area contributed by atoms with E-state index >= 15 is 0 Å². The highest BCUT2D eigenvalue weighted by molar-refractivity contribution is 4.85. The van der Waals surface area contributed by atoms with Crippen LogP contribution in [0, 0.1) is 56.7 Å². The van der Waals surface area contributed by atoms with Crippen molar-refractivity contribution in [1.29, 1.82) is 0 Å². The van der Waals surface area contributed by atoms with Gasteiger partial charge in [-0.05, 0) is 121 Å². The normalized spacial score (nSPS) is 23.7. The molecule has 0 heterocycles. The summed E-state index contributed by atoms with van der Waals surface area (Å²) >= 11 is 0. The topological polar surface area (TPSA) is 0 Å². The minimum atomic E-state index is -2.37. The molecule has 0 N–H and O–H groups in total. The molecule has 5 rings (SSSR count). The second-order valence-corrected chi connectivity index (χ2v) is 21.7. The summed E-state index contributed by atoms with van der Waals surface area (Å²) in [4.78, 5) is 0. The average Bonchev–Trinajstić information content (AvgIpc) is 3.57. The Morgan fingerprint density at radius 3 is 0.696 bits per heavy atom. The van der Waals surface area contributed by atoms with Crippen LogP contribution in [0.2, 0.25) is 0 Å². The van der Waals surface area contributed by atoms with Crippen LogP contribution >= 0.6 is 0 Å². The van der Waals surface area contributed by atoms with Crippen molar-refractivity contribution in [3.05, 3.63) is 0 Å². The van der Waals surface area contributed by atoms with Crippen molar-refractivity contribution in [2.75, 3.05) is 0 Å². The summed E-state index contributed by atoms with van der Waals surface area (Å²) in [5, 5.41) is 0. The van der Waals surface area contributed by atoms with Crippen molar-refractivity contribution in [3.8, 4) is 0 Å². The Labute approximate surface area is 290 Å². The molecule has 0 aromatic rings. The highest BCUT2D eigenvalue weighted by Gasteiger charge is 2.38. The SMILES string of the molecule is CC(C)(C)C1CC1.CC(C)(C)C1CCC(F)(F)CC1.CC(C)(C)C1CCC1.CC(C)(C)C1CCCC1.CC(C)(C)C1CCCCC1. The van der Waals surface area contributed by atoms with Crippen LogP contribution in [0.5, 0.6) is 0 Å². The quantitative estimate of drug-likeness (QED) is 0.244. The molecule has 5 aliphatic carbocycles. The molecule has 2 heteroatoms. The largest absolute Gasteiger partial charge is 0.248 e. The van der Waals surface area contributed by atoms with Crippen LogP contribution < -0.4 is 0 Å². The molecule has 0 atom stereocenters. The van der Waals surface area contributed by atoms with Gasteiger partial charge in [0.25, 0.3) is 0 Å². The Kier molecular flexibility index (Phi) is 17.4. The van der Waals surface area contributed by atoms with Crippen LogP contribution in [0.4, 0.5) is 8.78 Å². The maximum absolute atomic E-state index is 12.8. The van der Waals surface area contributed by atoms with Crippen molar-refractivity contribution in [3.63, 3.8) is 0 Å². The summed E-state index contributed by atoms with van der Waals surface area (Å²) in [6, 6.07) is 0. The van der Waals surface area contributed by atoms with Gasteiger partial charge in [0, 0.05) is 12.8 Å². The van der Waals surface area contributed by atoms with E-state index in [1.54, 1.807) is 0 Å². The van der Waals surface area contributed by atoms with Gasteiger partial charge >= 0.3 is 0 Å². The Hall–Kier alpha value is -0.140. The number of hydrogen-bond acceptors (Lipinski definition) is 0. The first kappa shape index (κ1) is 43.9. The zero-order valence-corrected chi connectivity index (χ0v) is 34.4. The second-order valence-electron chi connectivity index (χ2n) is 21.7. The highest BCUT2D eigenvalue weighted by atomic mass is 19.3. The lowest BCUT2D eigenvalue weighted by atomic mass is 9.69. The fraction of sp³-hybridized carbons (Fsp3) is 1.00. The summed E-state index contributed by atoms with van der Waals surface area (Å²) in [6.45, 7) is 34.7. The predicted molar refractivity (Wildman–Crippen MR) is 203 cm³/mol. The molecule has 5 saturated carbocycles. The lowest BCUT2D eigenvalue weighted by Crippen LogP contribution is -2.31. The molecule has 0 amide bonds. The Morgan fingerprint density at radius 2 is 0.522 bits per heavy atom. The molecule has 276 valence electrons. The van der Waals surface area contributed by atoms with Crippen LogP contribution in [-0.4, -0.2) is 5.92 Å². The van der Waals surface area contributed by atoms with E-state index < -0.39 is 5.92 Å². The van der Waals surface area contributed by atoms with Crippen LogP contribution in [0.15, 0.2) is 0 Å². The van der Waals surface area contributed by atoms with Gasteiger partial charge in [-0.1, -0.05) is 142 Å². The van der Waals surface area contributed by atoms with Gasteiger partial charge in [-0.3, -0.25) is 0 Å². The fourth-order valence-corrected chi connectivity index (χ4v) is 7.89.